The summed E-state index contributed by atoms with van der Waals surface area (Å²) in [5, 5.41) is 3.27. The lowest BCUT2D eigenvalue weighted by molar-refractivity contribution is 0.163. The van der Waals surface area contributed by atoms with Crippen molar-refractivity contribution in [3.8, 4) is 0 Å². The van der Waals surface area contributed by atoms with Crippen molar-refractivity contribution in [1.82, 2.24) is 9.55 Å². The molecule has 0 fully saturated rings. The maximum Gasteiger partial charge on any atom is 0.208 e. The highest BCUT2D eigenvalue weighted by atomic mass is 35.5. The van der Waals surface area contributed by atoms with Crippen LogP contribution >= 0.6 is 11.6 Å². The molecule has 0 aliphatic carbocycles. The van der Waals surface area contributed by atoms with Gasteiger partial charge in [0.25, 0.3) is 0 Å². The highest BCUT2D eigenvalue weighted by molar-refractivity contribution is 6.33. The highest BCUT2D eigenvalue weighted by Gasteiger charge is 2.15. The molecule has 2 rings (SSSR count). The van der Waals surface area contributed by atoms with Crippen LogP contribution in [-0.4, -0.2) is 23.3 Å². The fraction of sp³-hybridized carbons (Fsp3) is 0.357. The number of methoxy groups -OCH3 is 1. The number of benzene rings is 1. The van der Waals surface area contributed by atoms with Crippen LogP contribution in [0, 0.1) is 12.7 Å². The molecule has 4 nitrogen and oxygen atoms in total. The molecule has 6 heteroatoms. The predicted molar refractivity (Wildman–Crippen MR) is 78.2 cm³/mol. The standard InChI is InChI=1S/C14H17ClFN3O/c1-9-7-19(10(2)8-20-3)14(17-9)18-13-11(15)5-4-6-12(13)16/h4-7,10H,8H2,1-3H3,(H,17,18). The van der Waals surface area contributed by atoms with Gasteiger partial charge in [-0.1, -0.05) is 17.7 Å². The molecule has 1 aromatic carbocycles. The van der Waals surface area contributed by atoms with Gasteiger partial charge in [0.1, 0.15) is 5.82 Å². The summed E-state index contributed by atoms with van der Waals surface area (Å²) in [4.78, 5) is 4.36. The zero-order chi connectivity index (χ0) is 14.7. The molecule has 0 bridgehead atoms. The van der Waals surface area contributed by atoms with Crippen molar-refractivity contribution in [2.75, 3.05) is 19.0 Å². The average Bonchev–Trinajstić information content (AvgIpc) is 2.75. The van der Waals surface area contributed by atoms with Crippen LogP contribution in [0.5, 0.6) is 0 Å². The molecule has 1 atom stereocenters. The van der Waals surface area contributed by atoms with Crippen LogP contribution in [0.4, 0.5) is 16.0 Å². The summed E-state index contributed by atoms with van der Waals surface area (Å²) >= 11 is 6.02. The van der Waals surface area contributed by atoms with Gasteiger partial charge in [0.05, 0.1) is 29.1 Å². The zero-order valence-electron chi connectivity index (χ0n) is 11.7. The summed E-state index contributed by atoms with van der Waals surface area (Å²) in [6.07, 6.45) is 1.89. The fourth-order valence-electron chi connectivity index (χ4n) is 2.00. The van der Waals surface area contributed by atoms with Crippen molar-refractivity contribution >= 4 is 23.2 Å². The Morgan fingerprint density at radius 1 is 1.50 bits per heavy atom. The van der Waals surface area contributed by atoms with E-state index in [9.17, 15) is 4.39 Å². The van der Waals surface area contributed by atoms with Crippen LogP contribution in [0.25, 0.3) is 0 Å². The number of nitrogens with one attached hydrogen (secondary N) is 1. The summed E-state index contributed by atoms with van der Waals surface area (Å²) in [7, 11) is 1.64. The number of aryl methyl sites for hydroxylation is 1. The van der Waals surface area contributed by atoms with E-state index in [1.54, 1.807) is 19.2 Å². The Hall–Kier alpha value is -1.59. The molecule has 1 unspecified atom stereocenters. The Labute approximate surface area is 122 Å². The summed E-state index contributed by atoms with van der Waals surface area (Å²) in [5.74, 6) is 0.128. The largest absolute Gasteiger partial charge is 0.383 e. The van der Waals surface area contributed by atoms with E-state index in [0.717, 1.165) is 5.69 Å². The molecule has 0 aliphatic rings. The van der Waals surface area contributed by atoms with Crippen LogP contribution in [-0.2, 0) is 4.74 Å². The van der Waals surface area contributed by atoms with Gasteiger partial charge in [-0.25, -0.2) is 9.37 Å². The zero-order valence-corrected chi connectivity index (χ0v) is 12.4. The molecule has 0 saturated heterocycles. The number of nitrogens with zero attached hydrogens (tertiary/aromatic N) is 2. The Morgan fingerprint density at radius 3 is 2.90 bits per heavy atom. The van der Waals surface area contributed by atoms with Gasteiger partial charge in [0.15, 0.2) is 0 Å². The minimum atomic E-state index is -0.413. The van der Waals surface area contributed by atoms with Gasteiger partial charge in [-0.05, 0) is 26.0 Å². The monoisotopic (exact) mass is 297 g/mol. The second kappa shape index (κ2) is 6.24. The van der Waals surface area contributed by atoms with Gasteiger partial charge in [-0.2, -0.15) is 0 Å². The minimum Gasteiger partial charge on any atom is -0.383 e. The van der Waals surface area contributed by atoms with Gasteiger partial charge in [0, 0.05) is 13.3 Å². The first-order valence-electron chi connectivity index (χ1n) is 6.28. The first kappa shape index (κ1) is 14.8. The summed E-state index contributed by atoms with van der Waals surface area (Å²) < 4.78 is 20.9. The van der Waals surface area contributed by atoms with Gasteiger partial charge < -0.3 is 14.6 Å². The van der Waals surface area contributed by atoms with E-state index < -0.39 is 5.82 Å². The first-order valence-corrected chi connectivity index (χ1v) is 6.66. The number of para-hydroxylation sites is 1. The van der Waals surface area contributed by atoms with Crippen LogP contribution in [0.3, 0.4) is 0 Å². The van der Waals surface area contributed by atoms with Crippen molar-refractivity contribution in [3.05, 3.63) is 40.9 Å². The lowest BCUT2D eigenvalue weighted by atomic mass is 10.3. The minimum absolute atomic E-state index is 0.0780. The first-order chi connectivity index (χ1) is 9.52. The molecule has 1 heterocycles. The summed E-state index contributed by atoms with van der Waals surface area (Å²) in [5.41, 5.74) is 1.06. The van der Waals surface area contributed by atoms with E-state index in [2.05, 4.69) is 10.3 Å². The Kier molecular flexibility index (Phi) is 4.62. The quantitative estimate of drug-likeness (QED) is 0.908. The van der Waals surface area contributed by atoms with Crippen LogP contribution in [0.1, 0.15) is 18.7 Å². The lowest BCUT2D eigenvalue weighted by Gasteiger charge is -2.16. The Balaban J connectivity index is 2.34. The van der Waals surface area contributed by atoms with E-state index in [0.29, 0.717) is 17.6 Å². The number of hydrogen-bond acceptors (Lipinski definition) is 3. The maximum absolute atomic E-state index is 13.8. The number of imidazole rings is 1. The molecule has 2 aromatic rings. The van der Waals surface area contributed by atoms with Crippen LogP contribution in [0.2, 0.25) is 5.02 Å². The van der Waals surface area contributed by atoms with E-state index in [-0.39, 0.29) is 11.7 Å². The third kappa shape index (κ3) is 3.11. The normalized spacial score (nSPS) is 12.4. The molecular formula is C14H17ClFN3O. The topological polar surface area (TPSA) is 39.1 Å². The fourth-order valence-corrected chi connectivity index (χ4v) is 2.21. The van der Waals surface area contributed by atoms with E-state index in [1.807, 2.05) is 24.6 Å². The number of aromatic nitrogens is 2. The lowest BCUT2D eigenvalue weighted by Crippen LogP contribution is -2.13. The molecule has 1 N–H and O–H groups in total. The average molecular weight is 298 g/mol. The third-order valence-corrected chi connectivity index (χ3v) is 3.25. The van der Waals surface area contributed by atoms with Crippen LogP contribution < -0.4 is 5.32 Å². The molecule has 0 amide bonds. The summed E-state index contributed by atoms with van der Waals surface area (Å²) in [6.45, 7) is 4.42. The second-order valence-corrected chi connectivity index (χ2v) is 5.05. The third-order valence-electron chi connectivity index (χ3n) is 2.94. The van der Waals surface area contributed by atoms with Crippen molar-refractivity contribution in [2.24, 2.45) is 0 Å². The molecule has 0 aliphatic heterocycles. The molecule has 0 radical (unpaired) electrons. The number of halogens is 2. The smallest absolute Gasteiger partial charge is 0.208 e. The molecule has 0 saturated carbocycles. The number of hydrogen-bond donors (Lipinski definition) is 1. The SMILES string of the molecule is COCC(C)n1cc(C)nc1Nc1c(F)cccc1Cl. The molecule has 0 spiro atoms. The number of rotatable bonds is 5. The molecule has 20 heavy (non-hydrogen) atoms. The predicted octanol–water partition coefficient (Wildman–Crippen LogP) is 3.94. The van der Waals surface area contributed by atoms with Gasteiger partial charge >= 0.3 is 0 Å². The molecule has 108 valence electrons. The maximum atomic E-state index is 13.8. The Bertz CT molecular complexity index is 580. The van der Waals surface area contributed by atoms with Crippen molar-refractivity contribution in [3.63, 3.8) is 0 Å². The van der Waals surface area contributed by atoms with Gasteiger partial charge in [-0.15, -0.1) is 0 Å². The molecule has 1 aromatic heterocycles. The number of anilines is 2. The second-order valence-electron chi connectivity index (χ2n) is 4.64. The number of ether oxygens (including phenoxy) is 1. The van der Waals surface area contributed by atoms with E-state index in [1.165, 1.54) is 6.07 Å². The Morgan fingerprint density at radius 2 is 2.25 bits per heavy atom. The van der Waals surface area contributed by atoms with Crippen LogP contribution in [0.15, 0.2) is 24.4 Å². The van der Waals surface area contributed by atoms with Crippen molar-refractivity contribution < 1.29 is 9.13 Å². The van der Waals surface area contributed by atoms with E-state index in [4.69, 9.17) is 16.3 Å². The summed E-state index contributed by atoms with van der Waals surface area (Å²) in [6, 6.07) is 4.63. The van der Waals surface area contributed by atoms with Gasteiger partial charge in [0.2, 0.25) is 5.95 Å². The van der Waals surface area contributed by atoms with Crippen molar-refractivity contribution in [1.29, 1.82) is 0 Å². The van der Waals surface area contributed by atoms with Gasteiger partial charge in [-0.3, -0.25) is 0 Å². The van der Waals surface area contributed by atoms with E-state index >= 15 is 0 Å². The molecular weight excluding hydrogens is 281 g/mol. The van der Waals surface area contributed by atoms with Crippen molar-refractivity contribution in [2.45, 2.75) is 19.9 Å². The highest BCUT2D eigenvalue weighted by Crippen LogP contribution is 2.28.